The van der Waals surface area contributed by atoms with E-state index in [1.165, 1.54) is 5.69 Å². The molecule has 0 saturated heterocycles. The van der Waals surface area contributed by atoms with Gasteiger partial charge in [-0.15, -0.1) is 0 Å². The molecule has 0 fully saturated rings. The van der Waals surface area contributed by atoms with Crippen LogP contribution in [0.15, 0.2) is 36.5 Å². The van der Waals surface area contributed by atoms with Gasteiger partial charge in [0.15, 0.2) is 0 Å². The van der Waals surface area contributed by atoms with Crippen molar-refractivity contribution in [3.05, 3.63) is 47.8 Å². The quantitative estimate of drug-likeness (QED) is 0.915. The standard InChI is InChI=1S/C15H19N3O/c1-18-12(7-10-17-18)6-8-15(16)9-11-19-14-5-3-2-4-13(14)15/h2-5,7,10H,6,8-9,11,16H2,1H3. The van der Waals surface area contributed by atoms with Crippen molar-refractivity contribution >= 4 is 0 Å². The number of aryl methyl sites for hydroxylation is 2. The molecule has 2 heterocycles. The van der Waals surface area contributed by atoms with Crippen molar-refractivity contribution in [3.63, 3.8) is 0 Å². The predicted molar refractivity (Wildman–Crippen MR) is 73.9 cm³/mol. The van der Waals surface area contributed by atoms with Gasteiger partial charge in [-0.05, 0) is 25.0 Å². The van der Waals surface area contributed by atoms with E-state index in [-0.39, 0.29) is 5.54 Å². The van der Waals surface area contributed by atoms with E-state index in [2.05, 4.69) is 17.2 Å². The third-order valence-corrected chi connectivity index (χ3v) is 3.98. The van der Waals surface area contributed by atoms with Crippen LogP contribution in [0.5, 0.6) is 5.75 Å². The maximum absolute atomic E-state index is 6.63. The Labute approximate surface area is 113 Å². The number of rotatable bonds is 3. The normalized spacial score (nSPS) is 21.8. The summed E-state index contributed by atoms with van der Waals surface area (Å²) in [5.74, 6) is 0.932. The fourth-order valence-electron chi connectivity index (χ4n) is 2.74. The number of hydrogen-bond donors (Lipinski definition) is 1. The zero-order valence-electron chi connectivity index (χ0n) is 11.2. The molecular formula is C15H19N3O. The van der Waals surface area contributed by atoms with Gasteiger partial charge in [-0.25, -0.2) is 0 Å². The maximum Gasteiger partial charge on any atom is 0.124 e. The lowest BCUT2D eigenvalue weighted by Gasteiger charge is -2.35. The van der Waals surface area contributed by atoms with Crippen molar-refractivity contribution in [1.82, 2.24) is 9.78 Å². The van der Waals surface area contributed by atoms with Crippen LogP contribution in [0.3, 0.4) is 0 Å². The second kappa shape index (κ2) is 4.70. The van der Waals surface area contributed by atoms with Crippen LogP contribution in [0.2, 0.25) is 0 Å². The Hall–Kier alpha value is -1.81. The summed E-state index contributed by atoms with van der Waals surface area (Å²) in [7, 11) is 1.97. The molecule has 1 atom stereocenters. The zero-order valence-corrected chi connectivity index (χ0v) is 11.2. The van der Waals surface area contributed by atoms with Crippen molar-refractivity contribution in [3.8, 4) is 5.75 Å². The van der Waals surface area contributed by atoms with Gasteiger partial charge in [0.2, 0.25) is 0 Å². The Morgan fingerprint density at radius 3 is 3.00 bits per heavy atom. The van der Waals surface area contributed by atoms with Gasteiger partial charge in [-0.1, -0.05) is 18.2 Å². The summed E-state index contributed by atoms with van der Waals surface area (Å²) in [5.41, 5.74) is 8.68. The van der Waals surface area contributed by atoms with E-state index in [1.807, 2.05) is 36.1 Å². The molecular weight excluding hydrogens is 238 g/mol. The predicted octanol–water partition coefficient (Wildman–Crippen LogP) is 1.99. The van der Waals surface area contributed by atoms with Crippen LogP contribution in [-0.2, 0) is 19.0 Å². The van der Waals surface area contributed by atoms with Gasteiger partial charge < -0.3 is 10.5 Å². The van der Waals surface area contributed by atoms with Crippen molar-refractivity contribution in [2.24, 2.45) is 12.8 Å². The second-order valence-corrected chi connectivity index (χ2v) is 5.20. The van der Waals surface area contributed by atoms with Crippen molar-refractivity contribution in [2.45, 2.75) is 24.8 Å². The first-order chi connectivity index (χ1) is 9.19. The van der Waals surface area contributed by atoms with Crippen LogP contribution in [0.25, 0.3) is 0 Å². The number of fused-ring (bicyclic) bond motifs is 1. The smallest absolute Gasteiger partial charge is 0.124 e. The van der Waals surface area contributed by atoms with Gasteiger partial charge in [-0.3, -0.25) is 4.68 Å². The lowest BCUT2D eigenvalue weighted by atomic mass is 9.81. The number of benzene rings is 1. The molecule has 4 heteroatoms. The van der Waals surface area contributed by atoms with Gasteiger partial charge in [0.1, 0.15) is 5.75 Å². The second-order valence-electron chi connectivity index (χ2n) is 5.20. The fourth-order valence-corrected chi connectivity index (χ4v) is 2.74. The van der Waals surface area contributed by atoms with Crippen molar-refractivity contribution in [1.29, 1.82) is 0 Å². The molecule has 0 radical (unpaired) electrons. The Morgan fingerprint density at radius 1 is 1.37 bits per heavy atom. The van der Waals surface area contributed by atoms with Crippen LogP contribution in [-0.4, -0.2) is 16.4 Å². The largest absolute Gasteiger partial charge is 0.493 e. The Balaban J connectivity index is 1.82. The molecule has 2 N–H and O–H groups in total. The molecule has 4 nitrogen and oxygen atoms in total. The zero-order chi connectivity index (χ0) is 13.3. The Bertz CT molecular complexity index is 578. The van der Waals surface area contributed by atoms with Gasteiger partial charge in [0, 0.05) is 36.5 Å². The molecule has 1 aliphatic rings. The van der Waals surface area contributed by atoms with Crippen LogP contribution < -0.4 is 10.5 Å². The minimum Gasteiger partial charge on any atom is -0.493 e. The summed E-state index contributed by atoms with van der Waals surface area (Å²) in [5, 5.41) is 4.20. The highest BCUT2D eigenvalue weighted by Gasteiger charge is 2.33. The average molecular weight is 257 g/mol. The highest BCUT2D eigenvalue weighted by atomic mass is 16.5. The van der Waals surface area contributed by atoms with E-state index in [4.69, 9.17) is 10.5 Å². The molecule has 0 saturated carbocycles. The maximum atomic E-state index is 6.63. The van der Waals surface area contributed by atoms with Gasteiger partial charge in [0.25, 0.3) is 0 Å². The molecule has 3 rings (SSSR count). The first kappa shape index (κ1) is 12.2. The molecule has 0 spiro atoms. The monoisotopic (exact) mass is 257 g/mol. The summed E-state index contributed by atoms with van der Waals surface area (Å²) in [6, 6.07) is 10.2. The third kappa shape index (κ3) is 2.24. The first-order valence-corrected chi connectivity index (χ1v) is 6.67. The van der Waals surface area contributed by atoms with Gasteiger partial charge >= 0.3 is 0 Å². The van der Waals surface area contributed by atoms with E-state index in [0.29, 0.717) is 6.61 Å². The molecule has 1 unspecified atom stereocenters. The molecule has 2 aromatic rings. The van der Waals surface area contributed by atoms with Crippen molar-refractivity contribution < 1.29 is 4.74 Å². The summed E-state index contributed by atoms with van der Waals surface area (Å²) >= 11 is 0. The van der Waals surface area contributed by atoms with Crippen LogP contribution >= 0.6 is 0 Å². The minimum absolute atomic E-state index is 0.293. The summed E-state index contributed by atoms with van der Waals surface area (Å²) in [6.07, 6.45) is 4.53. The van der Waals surface area contributed by atoms with Gasteiger partial charge in [-0.2, -0.15) is 5.10 Å². The fraction of sp³-hybridized carbons (Fsp3) is 0.400. The van der Waals surface area contributed by atoms with Crippen LogP contribution in [0.1, 0.15) is 24.1 Å². The van der Waals surface area contributed by atoms with E-state index in [1.54, 1.807) is 0 Å². The number of para-hydroxylation sites is 1. The average Bonchev–Trinajstić information content (AvgIpc) is 2.83. The molecule has 1 aliphatic heterocycles. The first-order valence-electron chi connectivity index (χ1n) is 6.67. The number of ether oxygens (including phenoxy) is 1. The topological polar surface area (TPSA) is 53.1 Å². The lowest BCUT2D eigenvalue weighted by molar-refractivity contribution is 0.208. The highest BCUT2D eigenvalue weighted by molar-refractivity contribution is 5.40. The van der Waals surface area contributed by atoms with E-state index < -0.39 is 0 Å². The van der Waals surface area contributed by atoms with E-state index in [9.17, 15) is 0 Å². The van der Waals surface area contributed by atoms with Crippen LogP contribution in [0, 0.1) is 0 Å². The Kier molecular flexibility index (Phi) is 3.03. The molecule has 1 aromatic carbocycles. The van der Waals surface area contributed by atoms with E-state index >= 15 is 0 Å². The third-order valence-electron chi connectivity index (χ3n) is 3.98. The summed E-state index contributed by atoms with van der Waals surface area (Å²) in [4.78, 5) is 0. The van der Waals surface area contributed by atoms with Crippen LogP contribution in [0.4, 0.5) is 0 Å². The number of hydrogen-bond acceptors (Lipinski definition) is 3. The number of nitrogens with two attached hydrogens (primary N) is 1. The summed E-state index contributed by atoms with van der Waals surface area (Å²) in [6.45, 7) is 0.693. The SMILES string of the molecule is Cn1nccc1CCC1(N)CCOc2ccccc21. The molecule has 0 aliphatic carbocycles. The van der Waals surface area contributed by atoms with Crippen molar-refractivity contribution in [2.75, 3.05) is 6.61 Å². The lowest BCUT2D eigenvalue weighted by Crippen LogP contribution is -2.42. The minimum atomic E-state index is -0.293. The molecule has 100 valence electrons. The molecule has 19 heavy (non-hydrogen) atoms. The Morgan fingerprint density at radius 2 is 2.21 bits per heavy atom. The summed E-state index contributed by atoms with van der Waals surface area (Å²) < 4.78 is 7.59. The van der Waals surface area contributed by atoms with Gasteiger partial charge in [0.05, 0.1) is 6.61 Å². The van der Waals surface area contributed by atoms with E-state index in [0.717, 1.165) is 30.6 Å². The number of aromatic nitrogens is 2. The molecule has 0 amide bonds. The number of nitrogens with zero attached hydrogens (tertiary/aromatic N) is 2. The highest BCUT2D eigenvalue weighted by Crippen LogP contribution is 2.37. The molecule has 1 aromatic heterocycles. The molecule has 0 bridgehead atoms.